The number of carbonyl (C=O) groups is 1. The molecule has 0 radical (unpaired) electrons. The molecule has 0 aromatic heterocycles. The van der Waals surface area contributed by atoms with E-state index in [0.717, 1.165) is 0 Å². The Kier molecular flexibility index (Phi) is 4.38. The number of fused-ring (bicyclic) bond motifs is 1. The molecule has 1 aliphatic rings. The van der Waals surface area contributed by atoms with Gasteiger partial charge in [0.05, 0.1) is 4.90 Å². The van der Waals surface area contributed by atoms with E-state index in [-0.39, 0.29) is 17.6 Å². The molecule has 1 aliphatic heterocycles. The number of carboxylic acids is 1. The summed E-state index contributed by atoms with van der Waals surface area (Å²) in [7, 11) is -3.95. The van der Waals surface area contributed by atoms with Crippen molar-refractivity contribution in [1.82, 2.24) is 4.72 Å². The van der Waals surface area contributed by atoms with E-state index in [1.165, 1.54) is 18.2 Å². The van der Waals surface area contributed by atoms with Crippen LogP contribution in [0.4, 0.5) is 0 Å². The van der Waals surface area contributed by atoms with Gasteiger partial charge in [0.2, 0.25) is 16.8 Å². The summed E-state index contributed by atoms with van der Waals surface area (Å²) in [5, 5.41) is 9.17. The third-order valence-electron chi connectivity index (χ3n) is 3.42. The van der Waals surface area contributed by atoms with Crippen LogP contribution in [0.15, 0.2) is 23.1 Å². The molecule has 2 rings (SSSR count). The summed E-state index contributed by atoms with van der Waals surface area (Å²) >= 11 is 0. The molecule has 0 bridgehead atoms. The first-order valence-electron chi connectivity index (χ1n) is 6.50. The zero-order valence-electron chi connectivity index (χ0n) is 11.7. The van der Waals surface area contributed by atoms with Crippen LogP contribution in [0.2, 0.25) is 0 Å². The maximum absolute atomic E-state index is 12.3. The summed E-state index contributed by atoms with van der Waals surface area (Å²) in [5.74, 6) is -0.737. The van der Waals surface area contributed by atoms with Crippen LogP contribution in [0.1, 0.15) is 20.3 Å². The van der Waals surface area contributed by atoms with Crippen molar-refractivity contribution in [2.45, 2.75) is 31.2 Å². The standard InChI is InChI=1S/C13H17NO6S/c1-3-8(2)12(13(15)16)14-21(17,18)9-4-5-10-11(6-9)20-7-19-10/h4-6,8,12,14H,3,7H2,1-2H3,(H,15,16)/t8-,12-/m0/s1. The summed E-state index contributed by atoms with van der Waals surface area (Å²) < 4.78 is 37.1. The highest BCUT2D eigenvalue weighted by molar-refractivity contribution is 7.89. The molecule has 116 valence electrons. The van der Waals surface area contributed by atoms with E-state index in [1.807, 2.05) is 0 Å². The Balaban J connectivity index is 2.27. The van der Waals surface area contributed by atoms with Crippen molar-refractivity contribution in [3.63, 3.8) is 0 Å². The number of hydrogen-bond donors (Lipinski definition) is 2. The molecule has 7 nitrogen and oxygen atoms in total. The minimum atomic E-state index is -3.95. The quantitative estimate of drug-likeness (QED) is 0.817. The number of nitrogens with one attached hydrogen (secondary N) is 1. The van der Waals surface area contributed by atoms with Crippen molar-refractivity contribution in [2.24, 2.45) is 5.92 Å². The number of hydrogen-bond acceptors (Lipinski definition) is 5. The second-order valence-electron chi connectivity index (χ2n) is 4.84. The lowest BCUT2D eigenvalue weighted by atomic mass is 10.0. The predicted octanol–water partition coefficient (Wildman–Crippen LogP) is 1.19. The van der Waals surface area contributed by atoms with Gasteiger partial charge in [-0.25, -0.2) is 8.42 Å². The first-order valence-corrected chi connectivity index (χ1v) is 7.98. The summed E-state index contributed by atoms with van der Waals surface area (Å²) in [4.78, 5) is 11.2. The van der Waals surface area contributed by atoms with E-state index in [0.29, 0.717) is 17.9 Å². The zero-order chi connectivity index (χ0) is 15.6. The summed E-state index contributed by atoms with van der Waals surface area (Å²) in [6.07, 6.45) is 0.542. The fourth-order valence-corrected chi connectivity index (χ4v) is 3.24. The van der Waals surface area contributed by atoms with Crippen LogP contribution < -0.4 is 14.2 Å². The number of carboxylic acid groups (broad SMARTS) is 1. The maximum atomic E-state index is 12.3. The fraction of sp³-hybridized carbons (Fsp3) is 0.462. The lowest BCUT2D eigenvalue weighted by molar-refractivity contribution is -0.140. The van der Waals surface area contributed by atoms with E-state index < -0.39 is 22.0 Å². The van der Waals surface area contributed by atoms with Crippen molar-refractivity contribution in [2.75, 3.05) is 6.79 Å². The van der Waals surface area contributed by atoms with Crippen molar-refractivity contribution in [1.29, 1.82) is 0 Å². The Morgan fingerprint density at radius 3 is 2.67 bits per heavy atom. The molecule has 8 heteroatoms. The summed E-state index contributed by atoms with van der Waals surface area (Å²) in [5.41, 5.74) is 0. The minimum absolute atomic E-state index is 0.0386. The molecular formula is C13H17NO6S. The summed E-state index contributed by atoms with van der Waals surface area (Å²) in [6.45, 7) is 3.52. The molecule has 1 heterocycles. The average Bonchev–Trinajstić information content (AvgIpc) is 2.91. The van der Waals surface area contributed by atoms with Gasteiger partial charge >= 0.3 is 5.97 Å². The third-order valence-corrected chi connectivity index (χ3v) is 4.85. The van der Waals surface area contributed by atoms with Gasteiger partial charge in [-0.2, -0.15) is 4.72 Å². The van der Waals surface area contributed by atoms with Crippen LogP contribution in [0.25, 0.3) is 0 Å². The van der Waals surface area contributed by atoms with Gasteiger partial charge < -0.3 is 14.6 Å². The van der Waals surface area contributed by atoms with Gasteiger partial charge in [-0.15, -0.1) is 0 Å². The lowest BCUT2D eigenvalue weighted by Gasteiger charge is -2.20. The molecule has 2 atom stereocenters. The van der Waals surface area contributed by atoms with E-state index >= 15 is 0 Å². The third kappa shape index (κ3) is 3.27. The van der Waals surface area contributed by atoms with E-state index in [2.05, 4.69) is 4.72 Å². The SMILES string of the molecule is CC[C@H](C)[C@H](NS(=O)(=O)c1ccc2c(c1)OCO2)C(=O)O. The second kappa shape index (κ2) is 5.90. The molecule has 21 heavy (non-hydrogen) atoms. The number of sulfonamides is 1. The zero-order valence-corrected chi connectivity index (χ0v) is 12.5. The van der Waals surface area contributed by atoms with Crippen LogP contribution >= 0.6 is 0 Å². The van der Waals surface area contributed by atoms with E-state index in [9.17, 15) is 13.2 Å². The molecule has 1 aromatic carbocycles. The average molecular weight is 315 g/mol. The highest BCUT2D eigenvalue weighted by atomic mass is 32.2. The normalized spacial score (nSPS) is 16.5. The van der Waals surface area contributed by atoms with E-state index in [1.54, 1.807) is 13.8 Å². The smallest absolute Gasteiger partial charge is 0.322 e. The highest BCUT2D eigenvalue weighted by Gasteiger charge is 2.30. The van der Waals surface area contributed by atoms with Gasteiger partial charge in [0.25, 0.3) is 0 Å². The lowest BCUT2D eigenvalue weighted by Crippen LogP contribution is -2.44. The Bertz CT molecular complexity index is 642. The largest absolute Gasteiger partial charge is 0.480 e. The van der Waals surface area contributed by atoms with Crippen molar-refractivity contribution >= 4 is 16.0 Å². The van der Waals surface area contributed by atoms with Crippen molar-refractivity contribution < 1.29 is 27.8 Å². The molecule has 0 saturated heterocycles. The number of rotatable bonds is 6. The summed E-state index contributed by atoms with van der Waals surface area (Å²) in [6, 6.07) is 2.98. The van der Waals surface area contributed by atoms with Gasteiger partial charge in [0.15, 0.2) is 11.5 Å². The molecule has 0 aliphatic carbocycles. The van der Waals surface area contributed by atoms with Crippen LogP contribution in [0, 0.1) is 5.92 Å². The number of benzene rings is 1. The molecule has 0 fully saturated rings. The van der Waals surface area contributed by atoms with Crippen LogP contribution in [0.3, 0.4) is 0 Å². The second-order valence-corrected chi connectivity index (χ2v) is 6.55. The van der Waals surface area contributed by atoms with Crippen LogP contribution in [-0.2, 0) is 14.8 Å². The van der Waals surface area contributed by atoms with Crippen LogP contribution in [0.5, 0.6) is 11.5 Å². The molecule has 0 amide bonds. The Hall–Kier alpha value is -1.80. The Morgan fingerprint density at radius 2 is 2.05 bits per heavy atom. The molecule has 1 aromatic rings. The van der Waals surface area contributed by atoms with Gasteiger partial charge in [-0.3, -0.25) is 4.79 Å². The fourth-order valence-electron chi connectivity index (χ4n) is 1.92. The van der Waals surface area contributed by atoms with Crippen molar-refractivity contribution in [3.8, 4) is 11.5 Å². The molecule has 0 saturated carbocycles. The Labute approximate surface area is 122 Å². The predicted molar refractivity (Wildman–Crippen MR) is 73.8 cm³/mol. The molecule has 0 spiro atoms. The number of ether oxygens (including phenoxy) is 2. The highest BCUT2D eigenvalue weighted by Crippen LogP contribution is 2.33. The van der Waals surface area contributed by atoms with Gasteiger partial charge in [-0.05, 0) is 18.1 Å². The molecule has 2 N–H and O–H groups in total. The van der Waals surface area contributed by atoms with Gasteiger partial charge in [0, 0.05) is 6.07 Å². The van der Waals surface area contributed by atoms with Gasteiger partial charge in [0.1, 0.15) is 6.04 Å². The van der Waals surface area contributed by atoms with Gasteiger partial charge in [-0.1, -0.05) is 20.3 Å². The number of aliphatic carboxylic acids is 1. The first kappa shape index (κ1) is 15.6. The monoisotopic (exact) mass is 315 g/mol. The minimum Gasteiger partial charge on any atom is -0.480 e. The van der Waals surface area contributed by atoms with E-state index in [4.69, 9.17) is 14.6 Å². The Morgan fingerprint density at radius 1 is 1.38 bits per heavy atom. The molecule has 0 unspecified atom stereocenters. The topological polar surface area (TPSA) is 102 Å². The first-order chi connectivity index (χ1) is 9.85. The maximum Gasteiger partial charge on any atom is 0.322 e. The van der Waals surface area contributed by atoms with Crippen molar-refractivity contribution in [3.05, 3.63) is 18.2 Å². The molecular weight excluding hydrogens is 298 g/mol. The van der Waals surface area contributed by atoms with Crippen LogP contribution in [-0.4, -0.2) is 32.3 Å².